The number of benzene rings is 1. The Balaban J connectivity index is 1.98. The normalized spacial score (nSPS) is 9.95. The summed E-state index contributed by atoms with van der Waals surface area (Å²) < 4.78 is 0.576. The quantitative estimate of drug-likeness (QED) is 0.791. The minimum Gasteiger partial charge on any atom is -0.478 e. The number of rotatable bonds is 4. The maximum Gasteiger partial charge on any atom is 0.335 e. The number of pyridine rings is 1. The van der Waals surface area contributed by atoms with E-state index in [1.807, 2.05) is 0 Å². The lowest BCUT2D eigenvalue weighted by Crippen LogP contribution is -2.28. The van der Waals surface area contributed by atoms with Crippen LogP contribution in [0.5, 0.6) is 0 Å². The predicted molar refractivity (Wildman–Crippen MR) is 81.2 cm³/mol. The fourth-order valence-corrected chi connectivity index (χ4v) is 2.14. The van der Waals surface area contributed by atoms with E-state index in [-0.39, 0.29) is 5.56 Å². The summed E-state index contributed by atoms with van der Waals surface area (Å²) in [6, 6.07) is 7.64. The molecule has 0 aliphatic rings. The van der Waals surface area contributed by atoms with Crippen molar-refractivity contribution < 1.29 is 14.7 Å². The van der Waals surface area contributed by atoms with Gasteiger partial charge in [0.2, 0.25) is 0 Å². The number of urea groups is 1. The van der Waals surface area contributed by atoms with Crippen molar-refractivity contribution in [3.8, 4) is 0 Å². The fourth-order valence-electron chi connectivity index (χ4n) is 1.64. The summed E-state index contributed by atoms with van der Waals surface area (Å²) in [6.07, 6.45) is 3.28. The number of carboxylic acids is 1. The van der Waals surface area contributed by atoms with Gasteiger partial charge >= 0.3 is 12.0 Å². The Morgan fingerprint density at radius 2 is 1.90 bits per heavy atom. The van der Waals surface area contributed by atoms with E-state index in [0.717, 1.165) is 5.56 Å². The van der Waals surface area contributed by atoms with Crippen LogP contribution in [0.25, 0.3) is 0 Å². The highest BCUT2D eigenvalue weighted by Crippen LogP contribution is 2.19. The predicted octanol–water partition coefficient (Wildman–Crippen LogP) is 2.86. The Hall–Kier alpha value is -2.41. The highest BCUT2D eigenvalue weighted by molar-refractivity contribution is 9.10. The van der Waals surface area contributed by atoms with Crippen LogP contribution in [0, 0.1) is 0 Å². The van der Waals surface area contributed by atoms with Crippen molar-refractivity contribution in [3.05, 3.63) is 58.3 Å². The Bertz CT molecular complexity index is 662. The molecule has 0 saturated heterocycles. The van der Waals surface area contributed by atoms with Crippen LogP contribution in [-0.2, 0) is 6.54 Å². The zero-order valence-electron chi connectivity index (χ0n) is 10.8. The average Bonchev–Trinajstić information content (AvgIpc) is 2.45. The molecule has 0 unspecified atom stereocenters. The molecule has 2 rings (SSSR count). The van der Waals surface area contributed by atoms with Crippen LogP contribution >= 0.6 is 15.9 Å². The lowest BCUT2D eigenvalue weighted by atomic mass is 10.2. The number of aromatic carboxylic acids is 1. The number of nitrogens with zero attached hydrogens (tertiary/aromatic N) is 1. The third-order valence-electron chi connectivity index (χ3n) is 2.61. The molecule has 0 bridgehead atoms. The molecular weight excluding hydrogens is 338 g/mol. The molecule has 1 aromatic heterocycles. The molecule has 3 N–H and O–H groups in total. The number of amides is 2. The summed E-state index contributed by atoms with van der Waals surface area (Å²) in [4.78, 5) is 26.6. The molecule has 1 aromatic carbocycles. The van der Waals surface area contributed by atoms with E-state index in [9.17, 15) is 9.59 Å². The summed E-state index contributed by atoms with van der Waals surface area (Å²) >= 11 is 3.20. The smallest absolute Gasteiger partial charge is 0.335 e. The van der Waals surface area contributed by atoms with Gasteiger partial charge in [-0.25, -0.2) is 9.59 Å². The molecule has 0 saturated carbocycles. The van der Waals surface area contributed by atoms with E-state index in [1.54, 1.807) is 30.6 Å². The van der Waals surface area contributed by atoms with Gasteiger partial charge in [0.1, 0.15) is 0 Å². The zero-order chi connectivity index (χ0) is 15.2. The molecule has 0 radical (unpaired) electrons. The van der Waals surface area contributed by atoms with Gasteiger partial charge in [-0.15, -0.1) is 0 Å². The van der Waals surface area contributed by atoms with Gasteiger partial charge in [-0.1, -0.05) is 15.9 Å². The van der Waals surface area contributed by atoms with Crippen LogP contribution < -0.4 is 10.6 Å². The van der Waals surface area contributed by atoms with Crippen molar-refractivity contribution in [2.45, 2.75) is 6.54 Å². The number of aromatic nitrogens is 1. The van der Waals surface area contributed by atoms with E-state index < -0.39 is 12.0 Å². The summed E-state index contributed by atoms with van der Waals surface area (Å²) in [5.74, 6) is -1.06. The van der Waals surface area contributed by atoms with Gasteiger partial charge in [-0.3, -0.25) is 4.98 Å². The molecule has 108 valence electrons. The van der Waals surface area contributed by atoms with E-state index in [2.05, 4.69) is 31.5 Å². The molecule has 0 atom stereocenters. The van der Waals surface area contributed by atoms with Gasteiger partial charge in [0, 0.05) is 29.1 Å². The highest BCUT2D eigenvalue weighted by atomic mass is 79.9. The zero-order valence-corrected chi connectivity index (χ0v) is 12.4. The van der Waals surface area contributed by atoms with Crippen molar-refractivity contribution in [1.82, 2.24) is 10.3 Å². The van der Waals surface area contributed by atoms with Crippen LogP contribution in [-0.4, -0.2) is 22.1 Å². The number of anilines is 1. The third-order valence-corrected chi connectivity index (χ3v) is 3.06. The SMILES string of the molecule is O=C(NCc1ccncc1)Nc1cc(Br)cc(C(=O)O)c1. The number of carbonyl (C=O) groups excluding carboxylic acids is 1. The number of hydrogen-bond acceptors (Lipinski definition) is 3. The second-order valence-corrected chi connectivity index (χ2v) is 5.11. The van der Waals surface area contributed by atoms with Gasteiger partial charge in [0.05, 0.1) is 5.56 Å². The molecule has 0 aliphatic heterocycles. The summed E-state index contributed by atoms with van der Waals surface area (Å²) in [7, 11) is 0. The number of carbonyl (C=O) groups is 2. The molecule has 2 aromatic rings. The molecular formula is C14H12BrN3O3. The van der Waals surface area contributed by atoms with Gasteiger partial charge in [-0.2, -0.15) is 0 Å². The Kier molecular flexibility index (Phi) is 4.89. The number of nitrogens with one attached hydrogen (secondary N) is 2. The molecule has 1 heterocycles. The van der Waals surface area contributed by atoms with Crippen LogP contribution in [0.4, 0.5) is 10.5 Å². The van der Waals surface area contributed by atoms with E-state index in [4.69, 9.17) is 5.11 Å². The Morgan fingerprint density at radius 1 is 1.19 bits per heavy atom. The summed E-state index contributed by atoms with van der Waals surface area (Å²) in [5.41, 5.74) is 1.41. The number of carboxylic acid groups (broad SMARTS) is 1. The lowest BCUT2D eigenvalue weighted by Gasteiger charge is -2.09. The van der Waals surface area contributed by atoms with Crippen molar-refractivity contribution in [3.63, 3.8) is 0 Å². The lowest BCUT2D eigenvalue weighted by molar-refractivity contribution is 0.0697. The van der Waals surface area contributed by atoms with Crippen molar-refractivity contribution in [2.75, 3.05) is 5.32 Å². The van der Waals surface area contributed by atoms with Crippen molar-refractivity contribution >= 4 is 33.6 Å². The van der Waals surface area contributed by atoms with Gasteiger partial charge in [0.25, 0.3) is 0 Å². The third kappa shape index (κ3) is 4.57. The number of hydrogen-bond donors (Lipinski definition) is 3. The van der Waals surface area contributed by atoms with E-state index >= 15 is 0 Å². The second kappa shape index (κ2) is 6.85. The first-order valence-corrected chi connectivity index (χ1v) is 6.81. The largest absolute Gasteiger partial charge is 0.478 e. The van der Waals surface area contributed by atoms with Gasteiger partial charge in [-0.05, 0) is 35.9 Å². The van der Waals surface area contributed by atoms with Crippen molar-refractivity contribution in [2.24, 2.45) is 0 Å². The molecule has 6 nitrogen and oxygen atoms in total. The molecule has 7 heteroatoms. The fraction of sp³-hybridized carbons (Fsp3) is 0.0714. The Labute approximate surface area is 129 Å². The van der Waals surface area contributed by atoms with Crippen LogP contribution in [0.1, 0.15) is 15.9 Å². The molecule has 0 aliphatic carbocycles. The van der Waals surface area contributed by atoms with Crippen molar-refractivity contribution in [1.29, 1.82) is 0 Å². The van der Waals surface area contributed by atoms with E-state index in [0.29, 0.717) is 16.7 Å². The minimum absolute atomic E-state index is 0.0915. The minimum atomic E-state index is -1.06. The first kappa shape index (κ1) is 15.0. The van der Waals surface area contributed by atoms with Crippen LogP contribution in [0.15, 0.2) is 47.2 Å². The maximum atomic E-state index is 11.8. The number of halogens is 1. The summed E-state index contributed by atoms with van der Waals surface area (Å²) in [5, 5.41) is 14.2. The Morgan fingerprint density at radius 3 is 2.57 bits per heavy atom. The van der Waals surface area contributed by atoms with Gasteiger partial charge in [0.15, 0.2) is 0 Å². The molecule has 2 amide bonds. The first-order valence-electron chi connectivity index (χ1n) is 6.02. The molecule has 0 spiro atoms. The average molecular weight is 350 g/mol. The van der Waals surface area contributed by atoms with Gasteiger partial charge < -0.3 is 15.7 Å². The van der Waals surface area contributed by atoms with Crippen LogP contribution in [0.3, 0.4) is 0 Å². The monoisotopic (exact) mass is 349 g/mol. The molecule has 0 fully saturated rings. The maximum absolute atomic E-state index is 11.8. The highest BCUT2D eigenvalue weighted by Gasteiger charge is 2.08. The van der Waals surface area contributed by atoms with E-state index in [1.165, 1.54) is 12.1 Å². The second-order valence-electron chi connectivity index (χ2n) is 4.20. The van der Waals surface area contributed by atoms with Crippen LogP contribution in [0.2, 0.25) is 0 Å². The molecule has 21 heavy (non-hydrogen) atoms. The topological polar surface area (TPSA) is 91.3 Å². The first-order chi connectivity index (χ1) is 10.0. The standard InChI is InChI=1S/C14H12BrN3O3/c15-11-5-10(13(19)20)6-12(7-11)18-14(21)17-8-9-1-3-16-4-2-9/h1-7H,8H2,(H,19,20)(H2,17,18,21). The summed E-state index contributed by atoms with van der Waals surface area (Å²) in [6.45, 7) is 0.355.